The number of morpholine rings is 1. The number of benzene rings is 3. The Morgan fingerprint density at radius 1 is 1.00 bits per heavy atom. The van der Waals surface area contributed by atoms with E-state index in [1.54, 1.807) is 30.5 Å². The lowest BCUT2D eigenvalue weighted by molar-refractivity contribution is -0.105. The second kappa shape index (κ2) is 15.0. The van der Waals surface area contributed by atoms with Crippen molar-refractivity contribution < 1.29 is 32.9 Å². The zero-order chi connectivity index (χ0) is 31.6. The summed E-state index contributed by atoms with van der Waals surface area (Å²) in [5, 5.41) is 16.8. The number of halogens is 2. The Kier molecular flexibility index (Phi) is 10.6. The number of carbonyl (C=O) groups excluding carboxylic acids is 1. The van der Waals surface area contributed by atoms with E-state index in [2.05, 4.69) is 27.4 Å². The Morgan fingerprint density at radius 2 is 1.76 bits per heavy atom. The van der Waals surface area contributed by atoms with Crippen molar-refractivity contribution in [1.29, 1.82) is 0 Å². The molecule has 45 heavy (non-hydrogen) atoms. The smallest absolute Gasteiger partial charge is 0.211 e. The van der Waals surface area contributed by atoms with E-state index in [0.717, 1.165) is 51.5 Å². The minimum Gasteiger partial charge on any atom is -0.504 e. The molecule has 1 saturated heterocycles. The molecule has 11 heteroatoms. The summed E-state index contributed by atoms with van der Waals surface area (Å²) in [4.78, 5) is 16.6. The molecule has 0 unspecified atom stereocenters. The Balaban J connectivity index is 0.000000342. The molecule has 4 aromatic rings. The Labute approximate surface area is 261 Å². The molecule has 3 aromatic carbocycles. The fraction of sp³-hybridized carbons (Fsp3) is 0.353. The number of pyridine rings is 1. The highest BCUT2D eigenvalue weighted by Gasteiger charge is 2.36. The van der Waals surface area contributed by atoms with Crippen molar-refractivity contribution in [2.24, 2.45) is 5.41 Å². The van der Waals surface area contributed by atoms with E-state index >= 15 is 0 Å². The maximum Gasteiger partial charge on any atom is 0.211 e. The molecule has 2 aliphatic rings. The lowest BCUT2D eigenvalue weighted by atomic mass is 10.1. The summed E-state index contributed by atoms with van der Waals surface area (Å²) < 4.78 is 44.0. The summed E-state index contributed by atoms with van der Waals surface area (Å²) in [7, 11) is 0. The van der Waals surface area contributed by atoms with Gasteiger partial charge in [0.2, 0.25) is 6.41 Å². The molecule has 1 saturated carbocycles. The molecule has 6 rings (SSSR count). The standard InChI is InChI=1S/C27H32FN3O4.C7H6FNO/c1-27(6-7-27)18-30-19-3-4-25(21(28)15-19)35-24-5-8-29-22-17-26(23(32)16-20(22)24)34-12-2-9-31-10-13-33-14-11-31;8-6-1-3-7(4-2-6)9-5-10/h3-5,8,15-17,30,32H,2,6-7,9-14,18H2,1H3;1-5H,(H,9,10). The summed E-state index contributed by atoms with van der Waals surface area (Å²) in [5.41, 5.74) is 2.25. The van der Waals surface area contributed by atoms with Crippen molar-refractivity contribution in [2.75, 3.05) is 56.6 Å². The molecule has 3 N–H and O–H groups in total. The number of fused-ring (bicyclic) bond motifs is 1. The first kappa shape index (κ1) is 31.9. The van der Waals surface area contributed by atoms with Crippen LogP contribution in [0.25, 0.3) is 10.9 Å². The van der Waals surface area contributed by atoms with Gasteiger partial charge in [-0.05, 0) is 73.2 Å². The highest BCUT2D eigenvalue weighted by atomic mass is 19.1. The SMILES string of the molecule is CC1(CNc2ccc(Oc3ccnc4cc(OCCCN5CCOCC5)c(O)cc34)c(F)c2)CC1.O=CNc1ccc(F)cc1. The van der Waals surface area contributed by atoms with Crippen LogP contribution in [0, 0.1) is 17.0 Å². The first-order chi connectivity index (χ1) is 21.8. The van der Waals surface area contributed by atoms with E-state index in [9.17, 15) is 18.7 Å². The summed E-state index contributed by atoms with van der Waals surface area (Å²) >= 11 is 0. The highest BCUT2D eigenvalue weighted by molar-refractivity contribution is 5.88. The molecule has 238 valence electrons. The molecule has 1 amide bonds. The number of hydrogen-bond donors (Lipinski definition) is 3. The fourth-order valence-corrected chi connectivity index (χ4v) is 4.77. The van der Waals surface area contributed by atoms with Crippen LogP contribution in [0.4, 0.5) is 20.2 Å². The van der Waals surface area contributed by atoms with Gasteiger partial charge in [0, 0.05) is 61.3 Å². The fourth-order valence-electron chi connectivity index (χ4n) is 4.77. The molecular formula is C34H38F2N4O5. The highest BCUT2D eigenvalue weighted by Crippen LogP contribution is 2.45. The number of anilines is 2. The number of nitrogens with one attached hydrogen (secondary N) is 2. The Hall–Kier alpha value is -4.48. The topological polar surface area (TPSA) is 105 Å². The summed E-state index contributed by atoms with van der Waals surface area (Å²) in [5.74, 6) is 0.130. The molecule has 1 aliphatic carbocycles. The van der Waals surface area contributed by atoms with Gasteiger partial charge in [0.05, 0.1) is 25.3 Å². The lowest BCUT2D eigenvalue weighted by Crippen LogP contribution is -2.37. The largest absolute Gasteiger partial charge is 0.504 e. The zero-order valence-electron chi connectivity index (χ0n) is 25.2. The predicted octanol–water partition coefficient (Wildman–Crippen LogP) is 6.58. The normalized spacial score (nSPS) is 15.4. The first-order valence-corrected chi connectivity index (χ1v) is 15.0. The van der Waals surface area contributed by atoms with Gasteiger partial charge in [0.15, 0.2) is 23.1 Å². The summed E-state index contributed by atoms with van der Waals surface area (Å²) in [6.45, 7) is 7.88. The number of amides is 1. The molecule has 1 aliphatic heterocycles. The van der Waals surface area contributed by atoms with Crippen LogP contribution in [0.1, 0.15) is 26.2 Å². The molecule has 0 atom stereocenters. The van der Waals surface area contributed by atoms with Gasteiger partial charge in [-0.25, -0.2) is 8.78 Å². The van der Waals surface area contributed by atoms with Gasteiger partial charge in [-0.2, -0.15) is 0 Å². The van der Waals surface area contributed by atoms with Crippen LogP contribution < -0.4 is 20.1 Å². The van der Waals surface area contributed by atoms with Gasteiger partial charge in [-0.3, -0.25) is 14.7 Å². The van der Waals surface area contributed by atoms with E-state index < -0.39 is 5.82 Å². The Bertz CT molecular complexity index is 1580. The number of phenols is 1. The van der Waals surface area contributed by atoms with Crippen LogP contribution in [0.5, 0.6) is 23.0 Å². The number of phenolic OH excluding ortho intramolecular Hbond substituents is 1. The molecule has 0 spiro atoms. The van der Waals surface area contributed by atoms with Crippen molar-refractivity contribution in [3.63, 3.8) is 0 Å². The second-order valence-electron chi connectivity index (χ2n) is 11.5. The number of aromatic nitrogens is 1. The molecule has 1 aromatic heterocycles. The minimum atomic E-state index is -0.453. The molecule has 0 bridgehead atoms. The third-order valence-electron chi connectivity index (χ3n) is 7.81. The van der Waals surface area contributed by atoms with E-state index in [0.29, 0.717) is 46.5 Å². The maximum absolute atomic E-state index is 14.8. The molecule has 2 heterocycles. The predicted molar refractivity (Wildman–Crippen MR) is 169 cm³/mol. The Morgan fingerprint density at radius 3 is 2.47 bits per heavy atom. The van der Waals surface area contributed by atoms with Crippen molar-refractivity contribution in [1.82, 2.24) is 9.88 Å². The summed E-state index contributed by atoms with van der Waals surface area (Å²) in [6.07, 6.45) is 5.39. The van der Waals surface area contributed by atoms with Gasteiger partial charge in [0.25, 0.3) is 0 Å². The monoisotopic (exact) mass is 620 g/mol. The quantitative estimate of drug-likeness (QED) is 0.121. The van der Waals surface area contributed by atoms with Gasteiger partial charge >= 0.3 is 0 Å². The molecule has 2 fully saturated rings. The van der Waals surface area contributed by atoms with Crippen molar-refractivity contribution in [2.45, 2.75) is 26.2 Å². The molecule has 9 nitrogen and oxygen atoms in total. The van der Waals surface area contributed by atoms with Crippen LogP contribution in [0.3, 0.4) is 0 Å². The van der Waals surface area contributed by atoms with Crippen LogP contribution in [0.2, 0.25) is 0 Å². The van der Waals surface area contributed by atoms with Gasteiger partial charge in [0.1, 0.15) is 11.6 Å². The van der Waals surface area contributed by atoms with E-state index in [1.807, 2.05) is 6.07 Å². The van der Waals surface area contributed by atoms with Crippen molar-refractivity contribution in [3.8, 4) is 23.0 Å². The lowest BCUT2D eigenvalue weighted by Gasteiger charge is -2.26. The van der Waals surface area contributed by atoms with E-state index in [-0.39, 0.29) is 17.3 Å². The number of hydrogen-bond acceptors (Lipinski definition) is 8. The van der Waals surface area contributed by atoms with Crippen LogP contribution in [0.15, 0.2) is 66.9 Å². The average molecular weight is 621 g/mol. The number of nitrogens with zero attached hydrogens (tertiary/aromatic N) is 2. The maximum atomic E-state index is 14.8. The van der Waals surface area contributed by atoms with Crippen molar-refractivity contribution in [3.05, 3.63) is 78.5 Å². The van der Waals surface area contributed by atoms with E-state index in [1.165, 1.54) is 43.2 Å². The zero-order valence-corrected chi connectivity index (χ0v) is 25.2. The third kappa shape index (κ3) is 9.26. The van der Waals surface area contributed by atoms with Gasteiger partial charge < -0.3 is 30.0 Å². The second-order valence-corrected chi connectivity index (χ2v) is 11.5. The summed E-state index contributed by atoms with van der Waals surface area (Å²) in [6, 6.07) is 15.3. The number of rotatable bonds is 12. The number of carbonyl (C=O) groups is 1. The average Bonchev–Trinajstić information content (AvgIpc) is 3.79. The van der Waals surface area contributed by atoms with E-state index in [4.69, 9.17) is 14.2 Å². The first-order valence-electron chi connectivity index (χ1n) is 15.0. The van der Waals surface area contributed by atoms with Gasteiger partial charge in [-0.1, -0.05) is 6.92 Å². The van der Waals surface area contributed by atoms with Crippen LogP contribution in [-0.2, 0) is 9.53 Å². The minimum absolute atomic E-state index is 0.00434. The number of ether oxygens (including phenoxy) is 3. The molecule has 0 radical (unpaired) electrons. The van der Waals surface area contributed by atoms with Gasteiger partial charge in [-0.15, -0.1) is 0 Å². The third-order valence-corrected chi connectivity index (χ3v) is 7.81. The van der Waals surface area contributed by atoms with Crippen LogP contribution >= 0.6 is 0 Å². The van der Waals surface area contributed by atoms with Crippen molar-refractivity contribution >= 4 is 28.7 Å². The molecular weight excluding hydrogens is 582 g/mol. The van der Waals surface area contributed by atoms with Crippen LogP contribution in [-0.4, -0.2) is 67.4 Å². The number of aromatic hydroxyl groups is 1.